The second-order valence-electron chi connectivity index (χ2n) is 7.35. The maximum atomic E-state index is 13.1. The first-order chi connectivity index (χ1) is 14.1. The summed E-state index contributed by atoms with van der Waals surface area (Å²) in [5.74, 6) is 1.07. The van der Waals surface area contributed by atoms with Crippen LogP contribution >= 0.6 is 0 Å². The van der Waals surface area contributed by atoms with Crippen LogP contribution in [0.15, 0.2) is 77.8 Å². The van der Waals surface area contributed by atoms with Crippen molar-refractivity contribution in [2.45, 2.75) is 30.7 Å². The van der Waals surface area contributed by atoms with Crippen molar-refractivity contribution in [3.05, 3.63) is 78.8 Å². The first-order valence-electron chi connectivity index (χ1n) is 9.77. The van der Waals surface area contributed by atoms with Crippen LogP contribution in [0.2, 0.25) is 0 Å². The van der Waals surface area contributed by atoms with Gasteiger partial charge in [-0.25, -0.2) is 13.4 Å². The zero-order valence-corrected chi connectivity index (χ0v) is 16.7. The largest absolute Gasteiger partial charge is 0.334 e. The molecular formula is C23H21N3O2S. The molecule has 0 radical (unpaired) electrons. The number of sulfonamides is 1. The Morgan fingerprint density at radius 3 is 2.55 bits per heavy atom. The highest BCUT2D eigenvalue weighted by Gasteiger charge is 2.19. The zero-order valence-electron chi connectivity index (χ0n) is 15.9. The average molecular weight is 404 g/mol. The lowest BCUT2D eigenvalue weighted by molar-refractivity contribution is 0.522. The minimum absolute atomic E-state index is 0.245. The highest BCUT2D eigenvalue weighted by Crippen LogP contribution is 2.31. The lowest BCUT2D eigenvalue weighted by Crippen LogP contribution is -2.13. The molecule has 1 aliphatic heterocycles. The molecule has 1 aromatic heterocycles. The second-order valence-corrected chi connectivity index (χ2v) is 9.04. The summed E-state index contributed by atoms with van der Waals surface area (Å²) in [6.07, 6.45) is 5.29. The van der Waals surface area contributed by atoms with E-state index in [9.17, 15) is 8.42 Å². The molecule has 1 N–H and O–H groups in total. The smallest absolute Gasteiger partial charge is 0.261 e. The van der Waals surface area contributed by atoms with Gasteiger partial charge in [-0.1, -0.05) is 48.5 Å². The van der Waals surface area contributed by atoms with Crippen LogP contribution in [-0.2, 0) is 23.0 Å². The molecule has 0 atom stereocenters. The third-order valence-corrected chi connectivity index (χ3v) is 6.75. The lowest BCUT2D eigenvalue weighted by Gasteiger charge is -2.12. The number of aryl methyl sites for hydroxylation is 2. The Labute approximate surface area is 170 Å². The van der Waals surface area contributed by atoms with Crippen LogP contribution in [0.1, 0.15) is 18.7 Å². The van der Waals surface area contributed by atoms with Gasteiger partial charge in [-0.2, -0.15) is 0 Å². The summed E-state index contributed by atoms with van der Waals surface area (Å²) in [4.78, 5) is 5.00. The summed E-state index contributed by atoms with van der Waals surface area (Å²) in [6.45, 7) is 0.966. The maximum absolute atomic E-state index is 13.1. The van der Waals surface area contributed by atoms with Crippen LogP contribution in [0.25, 0.3) is 22.0 Å². The first-order valence-corrected chi connectivity index (χ1v) is 11.3. The summed E-state index contributed by atoms with van der Waals surface area (Å²) in [5, 5.41) is 1.90. The van der Waals surface area contributed by atoms with Gasteiger partial charge in [0, 0.05) is 24.7 Å². The van der Waals surface area contributed by atoms with E-state index in [1.165, 1.54) is 0 Å². The molecule has 2 heterocycles. The number of benzene rings is 3. The monoisotopic (exact) mass is 403 g/mol. The van der Waals surface area contributed by atoms with Crippen LogP contribution in [-0.4, -0.2) is 18.0 Å². The van der Waals surface area contributed by atoms with Crippen molar-refractivity contribution in [2.24, 2.45) is 0 Å². The Bertz CT molecular complexity index is 1290. The van der Waals surface area contributed by atoms with E-state index in [1.54, 1.807) is 18.2 Å². The number of para-hydroxylation sites is 1. The molecular weight excluding hydrogens is 382 g/mol. The minimum atomic E-state index is -3.72. The Morgan fingerprint density at radius 2 is 1.69 bits per heavy atom. The van der Waals surface area contributed by atoms with E-state index in [4.69, 9.17) is 4.98 Å². The van der Waals surface area contributed by atoms with Crippen LogP contribution in [0.4, 0.5) is 5.69 Å². The summed E-state index contributed by atoms with van der Waals surface area (Å²) >= 11 is 0. The summed E-state index contributed by atoms with van der Waals surface area (Å²) < 4.78 is 31.1. The van der Waals surface area contributed by atoms with Crippen molar-refractivity contribution in [1.29, 1.82) is 0 Å². The summed E-state index contributed by atoms with van der Waals surface area (Å²) in [7, 11) is -3.72. The van der Waals surface area contributed by atoms with Gasteiger partial charge < -0.3 is 4.57 Å². The van der Waals surface area contributed by atoms with Gasteiger partial charge in [0.1, 0.15) is 5.82 Å². The van der Waals surface area contributed by atoms with Crippen molar-refractivity contribution in [2.75, 3.05) is 4.72 Å². The molecule has 0 saturated heterocycles. The van der Waals surface area contributed by atoms with Crippen LogP contribution in [0.5, 0.6) is 0 Å². The van der Waals surface area contributed by atoms with E-state index < -0.39 is 10.0 Å². The minimum Gasteiger partial charge on any atom is -0.334 e. The quantitative estimate of drug-likeness (QED) is 0.530. The standard InChI is InChI=1S/C23H21N3O2S/c27-29(28,19-13-12-17-7-1-2-8-18(17)15-19)25-21-10-4-3-9-20(21)22-16-26-14-6-5-11-23(26)24-22/h1-4,7-10,12-13,15-16,25H,5-6,11,14H2. The molecule has 5 rings (SSSR count). The van der Waals surface area contributed by atoms with Crippen molar-refractivity contribution < 1.29 is 8.42 Å². The van der Waals surface area contributed by atoms with Crippen molar-refractivity contribution in [3.63, 3.8) is 0 Å². The zero-order chi connectivity index (χ0) is 19.8. The van der Waals surface area contributed by atoms with Gasteiger partial charge >= 0.3 is 0 Å². The molecule has 5 nitrogen and oxygen atoms in total. The van der Waals surface area contributed by atoms with Gasteiger partial charge in [0.25, 0.3) is 10.0 Å². The first kappa shape index (κ1) is 17.9. The number of hydrogen-bond donors (Lipinski definition) is 1. The number of nitrogens with zero attached hydrogens (tertiary/aromatic N) is 2. The third-order valence-electron chi connectivity index (χ3n) is 5.39. The molecule has 3 aromatic carbocycles. The number of anilines is 1. The SMILES string of the molecule is O=S(=O)(Nc1ccccc1-c1cn2c(n1)CCCC2)c1ccc2ccccc2c1. The molecule has 0 saturated carbocycles. The molecule has 4 aromatic rings. The fourth-order valence-corrected chi connectivity index (χ4v) is 4.99. The van der Waals surface area contributed by atoms with Crippen LogP contribution in [0.3, 0.4) is 0 Å². The average Bonchev–Trinajstić information content (AvgIpc) is 3.17. The third kappa shape index (κ3) is 3.40. The van der Waals surface area contributed by atoms with Crippen molar-refractivity contribution >= 4 is 26.5 Å². The summed E-state index contributed by atoms with van der Waals surface area (Å²) in [6, 6.07) is 20.3. The Balaban J connectivity index is 1.52. The van der Waals surface area contributed by atoms with Gasteiger partial charge in [-0.15, -0.1) is 0 Å². The molecule has 0 aliphatic carbocycles. The lowest BCUT2D eigenvalue weighted by atomic mass is 10.1. The van der Waals surface area contributed by atoms with Gasteiger partial charge in [-0.05, 0) is 41.8 Å². The molecule has 0 amide bonds. The van der Waals surface area contributed by atoms with Crippen molar-refractivity contribution in [3.8, 4) is 11.3 Å². The topological polar surface area (TPSA) is 64.0 Å². The van der Waals surface area contributed by atoms with E-state index in [2.05, 4.69) is 9.29 Å². The van der Waals surface area contributed by atoms with Gasteiger partial charge in [0.2, 0.25) is 0 Å². The predicted molar refractivity (Wildman–Crippen MR) is 115 cm³/mol. The van der Waals surface area contributed by atoms with Gasteiger partial charge in [-0.3, -0.25) is 4.72 Å². The fraction of sp³-hybridized carbons (Fsp3) is 0.174. The fourth-order valence-electron chi connectivity index (χ4n) is 3.88. The van der Waals surface area contributed by atoms with E-state index in [0.29, 0.717) is 5.69 Å². The summed E-state index contributed by atoms with van der Waals surface area (Å²) in [5.41, 5.74) is 2.13. The van der Waals surface area contributed by atoms with E-state index >= 15 is 0 Å². The van der Waals surface area contributed by atoms with Crippen LogP contribution < -0.4 is 4.72 Å². The number of nitrogens with one attached hydrogen (secondary N) is 1. The normalized spacial score (nSPS) is 13.9. The number of aromatic nitrogens is 2. The predicted octanol–water partition coefficient (Wildman–Crippen LogP) is 4.84. The molecule has 146 valence electrons. The maximum Gasteiger partial charge on any atom is 0.261 e. The molecule has 0 spiro atoms. The molecule has 0 unspecified atom stereocenters. The van der Waals surface area contributed by atoms with E-state index in [1.807, 2.05) is 54.7 Å². The Morgan fingerprint density at radius 1 is 0.897 bits per heavy atom. The second kappa shape index (κ2) is 7.04. The number of rotatable bonds is 4. The van der Waals surface area contributed by atoms with E-state index in [-0.39, 0.29) is 4.90 Å². The molecule has 1 aliphatic rings. The Kier molecular flexibility index (Phi) is 4.36. The van der Waals surface area contributed by atoms with Crippen LogP contribution in [0, 0.1) is 0 Å². The highest BCUT2D eigenvalue weighted by atomic mass is 32.2. The number of hydrogen-bond acceptors (Lipinski definition) is 3. The number of fused-ring (bicyclic) bond motifs is 2. The molecule has 6 heteroatoms. The van der Waals surface area contributed by atoms with Gasteiger partial charge in [0.05, 0.1) is 16.3 Å². The molecule has 0 fully saturated rings. The highest BCUT2D eigenvalue weighted by molar-refractivity contribution is 7.92. The molecule has 0 bridgehead atoms. The number of imidazole rings is 1. The van der Waals surface area contributed by atoms with Crippen molar-refractivity contribution in [1.82, 2.24) is 9.55 Å². The molecule has 29 heavy (non-hydrogen) atoms. The Hall–Kier alpha value is -3.12. The van der Waals surface area contributed by atoms with E-state index in [0.717, 1.165) is 53.7 Å². The van der Waals surface area contributed by atoms with Gasteiger partial charge in [0.15, 0.2) is 0 Å².